The van der Waals surface area contributed by atoms with Crippen molar-refractivity contribution >= 4 is 17.7 Å². The second kappa shape index (κ2) is 10.1. The van der Waals surface area contributed by atoms with Crippen molar-refractivity contribution in [1.29, 1.82) is 0 Å². The normalized spacial score (nSPS) is 20.3. The van der Waals surface area contributed by atoms with Gasteiger partial charge in [0.25, 0.3) is 5.91 Å². The number of carbonyl (C=O) groups is 3. The molecule has 0 saturated carbocycles. The molecular formula is C30H29FN4O3. The minimum atomic E-state index is -0.754. The van der Waals surface area contributed by atoms with Crippen molar-refractivity contribution in [1.82, 2.24) is 20.0 Å². The molecule has 7 nitrogen and oxygen atoms in total. The smallest absolute Gasteiger partial charge is 0.258 e. The zero-order valence-electron chi connectivity index (χ0n) is 21.0. The van der Waals surface area contributed by atoms with E-state index >= 15 is 4.39 Å². The number of halogens is 1. The average molecular weight is 513 g/mol. The summed E-state index contributed by atoms with van der Waals surface area (Å²) in [6, 6.07) is 23.6. The lowest BCUT2D eigenvalue weighted by Crippen LogP contribution is -2.52. The summed E-state index contributed by atoms with van der Waals surface area (Å²) in [6.45, 7) is 3.18. The lowest BCUT2D eigenvalue weighted by atomic mass is 9.97. The Hall–Kier alpha value is -3.88. The van der Waals surface area contributed by atoms with E-state index in [0.717, 1.165) is 25.3 Å². The van der Waals surface area contributed by atoms with Crippen LogP contribution in [-0.4, -0.2) is 58.2 Å². The van der Waals surface area contributed by atoms with Crippen LogP contribution in [0.3, 0.4) is 0 Å². The number of rotatable bonds is 6. The third-order valence-electron chi connectivity index (χ3n) is 7.72. The Bertz CT molecular complexity index is 1340. The summed E-state index contributed by atoms with van der Waals surface area (Å²) in [5, 5.41) is 2.29. The maximum Gasteiger partial charge on any atom is 0.258 e. The number of hydrogen-bond acceptors (Lipinski definition) is 5. The Labute approximate surface area is 220 Å². The van der Waals surface area contributed by atoms with Gasteiger partial charge in [0.2, 0.25) is 11.8 Å². The molecule has 3 heterocycles. The molecular weight excluding hydrogens is 483 g/mol. The van der Waals surface area contributed by atoms with Gasteiger partial charge >= 0.3 is 0 Å². The fraction of sp³-hybridized carbons (Fsp3) is 0.300. The Morgan fingerprint density at radius 3 is 2.26 bits per heavy atom. The lowest BCUT2D eigenvalue weighted by Gasteiger charge is -2.29. The summed E-state index contributed by atoms with van der Waals surface area (Å²) in [6.07, 6.45) is 0.426. The van der Waals surface area contributed by atoms with Crippen LogP contribution in [0.25, 0.3) is 0 Å². The van der Waals surface area contributed by atoms with Gasteiger partial charge in [-0.05, 0) is 34.7 Å². The SMILES string of the molecule is O=C1CCC(N2Cc3cc(CN4CCN(C(c5ccccc5)c5ccccc5)C4)cc(F)c3C2=O)C(=O)N1. The number of piperidine rings is 1. The molecule has 0 aromatic heterocycles. The van der Waals surface area contributed by atoms with Crippen molar-refractivity contribution in [3.05, 3.63) is 106 Å². The summed E-state index contributed by atoms with van der Waals surface area (Å²) in [7, 11) is 0. The van der Waals surface area contributed by atoms with Crippen LogP contribution in [0.2, 0.25) is 0 Å². The first-order chi connectivity index (χ1) is 18.5. The molecule has 2 saturated heterocycles. The topological polar surface area (TPSA) is 73.0 Å². The molecule has 1 unspecified atom stereocenters. The zero-order chi connectivity index (χ0) is 26.2. The molecule has 3 aliphatic rings. The molecule has 2 fully saturated rings. The Morgan fingerprint density at radius 2 is 1.61 bits per heavy atom. The molecule has 1 N–H and O–H groups in total. The molecule has 3 amide bonds. The van der Waals surface area contributed by atoms with E-state index in [1.54, 1.807) is 0 Å². The number of amides is 3. The average Bonchev–Trinajstić information content (AvgIpc) is 3.50. The van der Waals surface area contributed by atoms with Crippen LogP contribution in [0.15, 0.2) is 72.8 Å². The van der Waals surface area contributed by atoms with Gasteiger partial charge in [-0.3, -0.25) is 29.5 Å². The largest absolute Gasteiger partial charge is 0.322 e. The predicted octanol–water partition coefficient (Wildman–Crippen LogP) is 3.45. The third kappa shape index (κ3) is 4.61. The molecule has 38 heavy (non-hydrogen) atoms. The van der Waals surface area contributed by atoms with Gasteiger partial charge in [-0.2, -0.15) is 0 Å². The van der Waals surface area contributed by atoms with Crippen molar-refractivity contribution in [3.8, 4) is 0 Å². The Balaban J connectivity index is 1.18. The monoisotopic (exact) mass is 512 g/mol. The van der Waals surface area contributed by atoms with Gasteiger partial charge in [0.1, 0.15) is 11.9 Å². The lowest BCUT2D eigenvalue weighted by molar-refractivity contribution is -0.136. The molecule has 194 valence electrons. The van der Waals surface area contributed by atoms with E-state index in [-0.39, 0.29) is 36.9 Å². The van der Waals surface area contributed by atoms with Crippen LogP contribution in [-0.2, 0) is 22.7 Å². The van der Waals surface area contributed by atoms with Crippen molar-refractivity contribution < 1.29 is 18.8 Å². The fourth-order valence-corrected chi connectivity index (χ4v) is 5.96. The van der Waals surface area contributed by atoms with Crippen LogP contribution in [0, 0.1) is 5.82 Å². The van der Waals surface area contributed by atoms with Gasteiger partial charge in [-0.15, -0.1) is 0 Å². The van der Waals surface area contributed by atoms with Crippen LogP contribution in [0.4, 0.5) is 4.39 Å². The van der Waals surface area contributed by atoms with Gasteiger partial charge in [0, 0.05) is 32.6 Å². The zero-order valence-corrected chi connectivity index (χ0v) is 21.0. The molecule has 3 aromatic rings. The molecule has 3 aliphatic heterocycles. The van der Waals surface area contributed by atoms with E-state index < -0.39 is 23.7 Å². The molecule has 0 spiro atoms. The summed E-state index contributed by atoms with van der Waals surface area (Å²) in [5.74, 6) is -1.88. The Kier molecular flexibility index (Phi) is 6.51. The van der Waals surface area contributed by atoms with Crippen LogP contribution in [0.1, 0.15) is 51.5 Å². The summed E-state index contributed by atoms with van der Waals surface area (Å²) >= 11 is 0. The first-order valence-electron chi connectivity index (χ1n) is 13.0. The van der Waals surface area contributed by atoms with Crippen LogP contribution in [0.5, 0.6) is 0 Å². The maximum absolute atomic E-state index is 15.2. The highest BCUT2D eigenvalue weighted by atomic mass is 19.1. The summed E-state index contributed by atoms with van der Waals surface area (Å²) in [5.41, 5.74) is 3.90. The fourth-order valence-electron chi connectivity index (χ4n) is 5.96. The number of nitrogens with one attached hydrogen (secondary N) is 1. The number of hydrogen-bond donors (Lipinski definition) is 1. The van der Waals surface area contributed by atoms with E-state index in [4.69, 9.17) is 0 Å². The number of benzene rings is 3. The number of fused-ring (bicyclic) bond motifs is 1. The minimum Gasteiger partial charge on any atom is -0.322 e. The quantitative estimate of drug-likeness (QED) is 0.513. The Morgan fingerprint density at radius 1 is 0.921 bits per heavy atom. The van der Waals surface area contributed by atoms with Gasteiger partial charge in [0.05, 0.1) is 18.3 Å². The minimum absolute atomic E-state index is 0.0368. The number of imide groups is 1. The molecule has 6 rings (SSSR count). The van der Waals surface area contributed by atoms with E-state index in [1.807, 2.05) is 18.2 Å². The van der Waals surface area contributed by atoms with Crippen molar-refractivity contribution in [2.45, 2.75) is 38.0 Å². The van der Waals surface area contributed by atoms with Crippen molar-refractivity contribution in [2.75, 3.05) is 19.8 Å². The van der Waals surface area contributed by atoms with Gasteiger partial charge in [0.15, 0.2) is 0 Å². The molecule has 0 bridgehead atoms. The first kappa shape index (κ1) is 24.5. The molecule has 0 radical (unpaired) electrons. The molecule has 3 aromatic carbocycles. The number of carbonyl (C=O) groups excluding carboxylic acids is 3. The van der Waals surface area contributed by atoms with Crippen LogP contribution >= 0.6 is 0 Å². The van der Waals surface area contributed by atoms with Crippen LogP contribution < -0.4 is 5.32 Å². The van der Waals surface area contributed by atoms with Crippen molar-refractivity contribution in [3.63, 3.8) is 0 Å². The van der Waals surface area contributed by atoms with E-state index in [9.17, 15) is 14.4 Å². The second-order valence-electron chi connectivity index (χ2n) is 10.2. The molecule has 8 heteroatoms. The molecule has 0 aliphatic carbocycles. The maximum atomic E-state index is 15.2. The summed E-state index contributed by atoms with van der Waals surface area (Å²) in [4.78, 5) is 43.0. The van der Waals surface area contributed by atoms with Gasteiger partial charge in [-0.1, -0.05) is 66.7 Å². The second-order valence-corrected chi connectivity index (χ2v) is 10.2. The third-order valence-corrected chi connectivity index (χ3v) is 7.72. The highest BCUT2D eigenvalue weighted by Crippen LogP contribution is 2.33. The molecule has 1 atom stereocenters. The van der Waals surface area contributed by atoms with E-state index in [1.165, 1.54) is 22.1 Å². The van der Waals surface area contributed by atoms with Crippen molar-refractivity contribution in [2.24, 2.45) is 0 Å². The summed E-state index contributed by atoms with van der Waals surface area (Å²) < 4.78 is 15.2. The highest BCUT2D eigenvalue weighted by Gasteiger charge is 2.40. The van der Waals surface area contributed by atoms with Gasteiger partial charge < -0.3 is 4.90 Å². The predicted molar refractivity (Wildman–Crippen MR) is 139 cm³/mol. The van der Waals surface area contributed by atoms with E-state index in [2.05, 4.69) is 63.6 Å². The first-order valence-corrected chi connectivity index (χ1v) is 13.0. The number of nitrogens with zero attached hydrogens (tertiary/aromatic N) is 3. The van der Waals surface area contributed by atoms with Gasteiger partial charge in [-0.25, -0.2) is 4.39 Å². The highest BCUT2D eigenvalue weighted by molar-refractivity contribution is 6.05. The standard InChI is InChI=1S/C30H29FN4O3/c31-24-16-20(15-23-18-35(30(38)27(23)24)25-11-12-26(36)32-29(25)37)17-33-13-14-34(19-33)28(21-7-3-1-4-8-21)22-9-5-2-6-10-22/h1-10,15-16,25,28H,11-14,17-19H2,(H,32,36,37). The van der Waals surface area contributed by atoms with E-state index in [0.29, 0.717) is 12.1 Å².